The number of rotatable bonds is 1. The fourth-order valence-electron chi connectivity index (χ4n) is 1.31. The van der Waals surface area contributed by atoms with Gasteiger partial charge in [0.15, 0.2) is 0 Å². The Balaban J connectivity index is -0.000000535. The van der Waals surface area contributed by atoms with Crippen molar-refractivity contribution in [2.75, 3.05) is 46.0 Å². The Bertz CT molecular complexity index is 158. The van der Waals surface area contributed by atoms with Crippen LogP contribution in [0, 0.1) is 0 Å². The first-order chi connectivity index (χ1) is 10.9. The molecule has 0 spiro atoms. The average Bonchev–Trinajstić information content (AvgIpc) is 2.62. The van der Waals surface area contributed by atoms with Crippen molar-refractivity contribution < 1.29 is 15.8 Å². The van der Waals surface area contributed by atoms with E-state index in [1.54, 1.807) is 0 Å². The van der Waals surface area contributed by atoms with Crippen LogP contribution in [-0.2, 0) is 8.07 Å². The molecule has 0 saturated carbocycles. The quantitative estimate of drug-likeness (QED) is 0.225. The SMILES string of the molecule is II.II.II.I[I-][S+]1CCCSCCSCCCSCC1. The molecule has 1 rings (SSSR count). The van der Waals surface area contributed by atoms with Gasteiger partial charge in [-0.05, 0) is 0 Å². The monoisotopic (exact) mass is 1280 g/mol. The average molecular weight is 1280 g/mol. The normalized spacial score (nSPS) is 20.8. The summed E-state index contributed by atoms with van der Waals surface area (Å²) >= 11 is 22.4. The zero-order valence-corrected chi connectivity index (χ0v) is 32.3. The molecule has 1 unspecified atom stereocenters. The van der Waals surface area contributed by atoms with Crippen molar-refractivity contribution in [3.8, 4) is 0 Å². The predicted octanol–water partition coefficient (Wildman–Crippen LogP) is 6.27. The molecule has 0 aromatic rings. The summed E-state index contributed by atoms with van der Waals surface area (Å²) in [5, 5.41) is 0. The number of hydrogen-bond donors (Lipinski definition) is 0. The molecule has 1 heterocycles. The van der Waals surface area contributed by atoms with Gasteiger partial charge in [-0.2, -0.15) is 0 Å². The Morgan fingerprint density at radius 1 is 0.591 bits per heavy atom. The van der Waals surface area contributed by atoms with E-state index in [-0.39, 0.29) is 0 Å². The maximum absolute atomic E-state index is 2.69. The fraction of sp³-hybridized carbons (Fsp3) is 1.00. The molecule has 1 aliphatic rings. The van der Waals surface area contributed by atoms with E-state index in [1.165, 1.54) is 58.9 Å². The third-order valence-electron chi connectivity index (χ3n) is 2.14. The van der Waals surface area contributed by atoms with E-state index in [0.717, 1.165) is 8.07 Å². The van der Waals surface area contributed by atoms with Gasteiger partial charge in [0.2, 0.25) is 0 Å². The second-order valence-electron chi connectivity index (χ2n) is 3.43. The van der Waals surface area contributed by atoms with Crippen molar-refractivity contribution in [3.63, 3.8) is 0 Å². The molecule has 0 aliphatic carbocycles. The van der Waals surface area contributed by atoms with E-state index < -0.39 is 0 Å². The van der Waals surface area contributed by atoms with Crippen LogP contribution in [0.2, 0.25) is 0 Å². The molecule has 0 N–H and O–H groups in total. The molecule has 1 fully saturated rings. The van der Waals surface area contributed by atoms with Crippen molar-refractivity contribution >= 4 is 174 Å². The summed E-state index contributed by atoms with van der Waals surface area (Å²) in [7, 11) is 0.835. The van der Waals surface area contributed by atoms with Gasteiger partial charge in [-0.15, -0.1) is 0 Å². The van der Waals surface area contributed by atoms with Gasteiger partial charge >= 0.3 is 137 Å². The Morgan fingerprint density at radius 3 is 1.55 bits per heavy atom. The first-order valence-corrected chi connectivity index (χ1v) is 38.7. The topological polar surface area (TPSA) is 0 Å². The first-order valence-electron chi connectivity index (χ1n) is 6.04. The second kappa shape index (κ2) is 35.7. The molecule has 12 heteroatoms. The van der Waals surface area contributed by atoms with Crippen molar-refractivity contribution in [2.45, 2.75) is 12.8 Å². The van der Waals surface area contributed by atoms with Crippen LogP contribution >= 0.6 is 166 Å². The Hall–Kier alpha value is 7.24. The minimum atomic E-state index is 0.478. The molecule has 22 heavy (non-hydrogen) atoms. The van der Waals surface area contributed by atoms with Crippen LogP contribution in [0.15, 0.2) is 0 Å². The summed E-state index contributed by atoms with van der Waals surface area (Å²) in [4.78, 5) is 0. The van der Waals surface area contributed by atoms with E-state index in [0.29, 0.717) is 15.8 Å². The van der Waals surface area contributed by atoms with Gasteiger partial charge in [0.1, 0.15) is 0 Å². The van der Waals surface area contributed by atoms with Crippen LogP contribution in [0.3, 0.4) is 0 Å². The van der Waals surface area contributed by atoms with Crippen LogP contribution in [0.5, 0.6) is 0 Å². The van der Waals surface area contributed by atoms with E-state index in [9.17, 15) is 0 Å². The van der Waals surface area contributed by atoms with Crippen LogP contribution in [-0.4, -0.2) is 46.0 Å². The van der Waals surface area contributed by atoms with Gasteiger partial charge in [0, 0.05) is 112 Å². The molecule has 1 aliphatic heterocycles. The Kier molecular flexibility index (Phi) is 54.9. The summed E-state index contributed by atoms with van der Waals surface area (Å²) in [6, 6.07) is 0. The van der Waals surface area contributed by atoms with Gasteiger partial charge in [0.25, 0.3) is 0 Å². The number of halogens is 8. The zero-order valence-electron chi connectivity index (χ0n) is 11.7. The summed E-state index contributed by atoms with van der Waals surface area (Å²) in [5.74, 6) is 11.5. The molecular formula is C10H20I8S4. The van der Waals surface area contributed by atoms with Crippen LogP contribution in [0.25, 0.3) is 0 Å². The fourth-order valence-corrected chi connectivity index (χ4v) is 16.5. The van der Waals surface area contributed by atoms with Crippen molar-refractivity contribution in [1.82, 2.24) is 0 Å². The van der Waals surface area contributed by atoms with Gasteiger partial charge in [-0.1, -0.05) is 0 Å². The van der Waals surface area contributed by atoms with Crippen LogP contribution < -0.4 is 15.8 Å². The Labute approximate surface area is 241 Å². The predicted molar refractivity (Wildman–Crippen MR) is 176 cm³/mol. The van der Waals surface area contributed by atoms with E-state index >= 15 is 0 Å². The molecule has 1 saturated heterocycles. The van der Waals surface area contributed by atoms with E-state index in [4.69, 9.17) is 0 Å². The van der Waals surface area contributed by atoms with Crippen LogP contribution in [0.4, 0.5) is 0 Å². The van der Waals surface area contributed by atoms with E-state index in [2.05, 4.69) is 166 Å². The molecule has 140 valence electrons. The standard InChI is InChI=1S/C10H20I2S4.3I2/c11-12-16-9-2-5-14-7-6-13-3-1-4-15-8-10-16;3*1-2/h1-10H2;;;. The Morgan fingerprint density at radius 2 is 1.05 bits per heavy atom. The third-order valence-corrected chi connectivity index (χ3v) is 20.9. The number of thioether (sulfide) groups is 3. The minimum absolute atomic E-state index is 0.478. The molecular weight excluding hydrogens is 1260 g/mol. The zero-order chi connectivity index (χ0) is 17.5. The van der Waals surface area contributed by atoms with Crippen molar-refractivity contribution in [1.29, 1.82) is 0 Å². The molecule has 0 nitrogen and oxygen atoms in total. The second-order valence-corrected chi connectivity index (χ2v) is 20.3. The van der Waals surface area contributed by atoms with Crippen LogP contribution in [0.1, 0.15) is 12.8 Å². The first kappa shape index (κ1) is 33.9. The van der Waals surface area contributed by atoms with E-state index in [1.807, 2.05) is 0 Å². The summed E-state index contributed by atoms with van der Waals surface area (Å²) in [6.45, 7) is 0. The molecule has 0 radical (unpaired) electrons. The van der Waals surface area contributed by atoms with Crippen molar-refractivity contribution in [2.24, 2.45) is 0 Å². The summed E-state index contributed by atoms with van der Waals surface area (Å²) < 4.78 is 0. The summed E-state index contributed by atoms with van der Waals surface area (Å²) in [5.41, 5.74) is 0. The van der Waals surface area contributed by atoms with Gasteiger partial charge in [-0.25, -0.2) is 0 Å². The molecule has 0 amide bonds. The van der Waals surface area contributed by atoms with Gasteiger partial charge in [-0.3, -0.25) is 0 Å². The third kappa shape index (κ3) is 29.4. The molecule has 0 aromatic heterocycles. The van der Waals surface area contributed by atoms with Gasteiger partial charge in [0.05, 0.1) is 0 Å². The maximum atomic E-state index is 2.69. The summed E-state index contributed by atoms with van der Waals surface area (Å²) in [6.07, 6.45) is 2.90. The van der Waals surface area contributed by atoms with Gasteiger partial charge < -0.3 is 0 Å². The molecule has 0 bridgehead atoms. The number of hydrogen-bond acceptors (Lipinski definition) is 3. The van der Waals surface area contributed by atoms with Crippen molar-refractivity contribution in [3.05, 3.63) is 0 Å². The molecule has 0 aromatic carbocycles. The molecule has 1 atom stereocenters.